The molecule has 3 nitrogen and oxygen atoms in total. The Morgan fingerprint density at radius 1 is 1.32 bits per heavy atom. The summed E-state index contributed by atoms with van der Waals surface area (Å²) < 4.78 is 0. The van der Waals surface area contributed by atoms with Gasteiger partial charge in [0.15, 0.2) is 0 Å². The Morgan fingerprint density at radius 3 is 2.79 bits per heavy atom. The number of hydrogen-bond acceptors (Lipinski definition) is 2. The van der Waals surface area contributed by atoms with Gasteiger partial charge in [-0.1, -0.05) is 12.1 Å². The van der Waals surface area contributed by atoms with Crippen LogP contribution in [0.1, 0.15) is 16.7 Å². The van der Waals surface area contributed by atoms with Crippen LogP contribution in [-0.4, -0.2) is 18.0 Å². The molecule has 0 aliphatic carbocycles. The quantitative estimate of drug-likeness (QED) is 0.900. The first-order valence-corrected chi connectivity index (χ1v) is 7.11. The third kappa shape index (κ3) is 3.58. The fourth-order valence-corrected chi connectivity index (χ4v) is 2.47. The molecule has 0 atom stereocenters. The Kier molecular flexibility index (Phi) is 4.22. The standard InChI is InChI=1S/C15H18N2OS/c1-11-4-5-12(2)14(8-11)16-15(18)17(3)9-13-6-7-19-10-13/h4-8,10H,9H2,1-3H3,(H,16,18). The van der Waals surface area contributed by atoms with E-state index in [1.54, 1.807) is 23.3 Å². The lowest BCUT2D eigenvalue weighted by Gasteiger charge is -2.18. The number of hydrogen-bond donors (Lipinski definition) is 1. The molecule has 0 fully saturated rings. The lowest BCUT2D eigenvalue weighted by Crippen LogP contribution is -2.30. The number of aryl methyl sites for hydroxylation is 2. The predicted octanol–water partition coefficient (Wildman–Crippen LogP) is 4.03. The summed E-state index contributed by atoms with van der Waals surface area (Å²) in [6.07, 6.45) is 0. The van der Waals surface area contributed by atoms with Crippen molar-refractivity contribution in [2.75, 3.05) is 12.4 Å². The predicted molar refractivity (Wildman–Crippen MR) is 80.7 cm³/mol. The molecule has 100 valence electrons. The Morgan fingerprint density at radius 2 is 2.11 bits per heavy atom. The van der Waals surface area contributed by atoms with E-state index >= 15 is 0 Å². The SMILES string of the molecule is Cc1ccc(C)c(NC(=O)N(C)Cc2ccsc2)c1. The third-order valence-electron chi connectivity index (χ3n) is 2.98. The smallest absolute Gasteiger partial charge is 0.321 e. The highest BCUT2D eigenvalue weighted by Gasteiger charge is 2.10. The van der Waals surface area contributed by atoms with E-state index in [0.29, 0.717) is 6.54 Å². The van der Waals surface area contributed by atoms with Gasteiger partial charge < -0.3 is 10.2 Å². The molecule has 0 saturated carbocycles. The van der Waals surface area contributed by atoms with Crippen LogP contribution in [0.15, 0.2) is 35.0 Å². The number of carbonyl (C=O) groups excluding carboxylic acids is 1. The minimum absolute atomic E-state index is 0.0834. The lowest BCUT2D eigenvalue weighted by atomic mass is 10.1. The minimum Gasteiger partial charge on any atom is -0.323 e. The molecule has 0 radical (unpaired) electrons. The highest BCUT2D eigenvalue weighted by Crippen LogP contribution is 2.17. The van der Waals surface area contributed by atoms with Crippen molar-refractivity contribution >= 4 is 23.1 Å². The normalized spacial score (nSPS) is 10.3. The van der Waals surface area contributed by atoms with Gasteiger partial charge in [-0.3, -0.25) is 0 Å². The zero-order valence-electron chi connectivity index (χ0n) is 11.4. The van der Waals surface area contributed by atoms with Gasteiger partial charge in [0.2, 0.25) is 0 Å². The molecule has 1 N–H and O–H groups in total. The van der Waals surface area contributed by atoms with E-state index in [-0.39, 0.29) is 6.03 Å². The molecule has 0 aliphatic rings. The van der Waals surface area contributed by atoms with Crippen LogP contribution >= 0.6 is 11.3 Å². The number of carbonyl (C=O) groups is 1. The van der Waals surface area contributed by atoms with Crippen LogP contribution in [0.4, 0.5) is 10.5 Å². The molecule has 1 aromatic heterocycles. The number of amides is 2. The van der Waals surface area contributed by atoms with E-state index < -0.39 is 0 Å². The van der Waals surface area contributed by atoms with E-state index in [0.717, 1.165) is 22.4 Å². The molecule has 4 heteroatoms. The van der Waals surface area contributed by atoms with Gasteiger partial charge in [-0.05, 0) is 53.4 Å². The van der Waals surface area contributed by atoms with Crippen LogP contribution in [0.3, 0.4) is 0 Å². The van der Waals surface area contributed by atoms with Gasteiger partial charge in [0.25, 0.3) is 0 Å². The van der Waals surface area contributed by atoms with E-state index in [1.807, 2.05) is 43.5 Å². The molecule has 0 unspecified atom stereocenters. The van der Waals surface area contributed by atoms with Gasteiger partial charge >= 0.3 is 6.03 Å². The van der Waals surface area contributed by atoms with Crippen LogP contribution in [-0.2, 0) is 6.54 Å². The zero-order valence-corrected chi connectivity index (χ0v) is 12.3. The summed E-state index contributed by atoms with van der Waals surface area (Å²) in [6, 6.07) is 8.00. The summed E-state index contributed by atoms with van der Waals surface area (Å²) in [5.41, 5.74) is 4.25. The first-order chi connectivity index (χ1) is 9.06. The summed E-state index contributed by atoms with van der Waals surface area (Å²) in [5, 5.41) is 7.03. The second kappa shape index (κ2) is 5.89. The van der Waals surface area contributed by atoms with Crippen molar-refractivity contribution in [1.82, 2.24) is 4.90 Å². The summed E-state index contributed by atoms with van der Waals surface area (Å²) in [7, 11) is 1.80. The summed E-state index contributed by atoms with van der Waals surface area (Å²) in [5.74, 6) is 0. The fraction of sp³-hybridized carbons (Fsp3) is 0.267. The highest BCUT2D eigenvalue weighted by atomic mass is 32.1. The lowest BCUT2D eigenvalue weighted by molar-refractivity contribution is 0.220. The van der Waals surface area contributed by atoms with E-state index in [9.17, 15) is 4.79 Å². The Hall–Kier alpha value is -1.81. The number of rotatable bonds is 3. The van der Waals surface area contributed by atoms with Gasteiger partial charge in [0.1, 0.15) is 0 Å². The first-order valence-electron chi connectivity index (χ1n) is 6.16. The number of urea groups is 1. The van der Waals surface area contributed by atoms with Crippen molar-refractivity contribution in [2.24, 2.45) is 0 Å². The van der Waals surface area contributed by atoms with Crippen LogP contribution in [0.5, 0.6) is 0 Å². The number of anilines is 1. The van der Waals surface area contributed by atoms with Crippen molar-refractivity contribution in [3.8, 4) is 0 Å². The fourth-order valence-electron chi connectivity index (χ4n) is 1.81. The van der Waals surface area contributed by atoms with Crippen molar-refractivity contribution < 1.29 is 4.79 Å². The van der Waals surface area contributed by atoms with Crippen molar-refractivity contribution in [3.63, 3.8) is 0 Å². The maximum absolute atomic E-state index is 12.1. The molecule has 0 spiro atoms. The van der Waals surface area contributed by atoms with Gasteiger partial charge in [0.05, 0.1) is 0 Å². The molecule has 0 saturated heterocycles. The largest absolute Gasteiger partial charge is 0.323 e. The average Bonchev–Trinajstić information content (AvgIpc) is 2.86. The van der Waals surface area contributed by atoms with Gasteiger partial charge in [-0.2, -0.15) is 11.3 Å². The second-order valence-electron chi connectivity index (χ2n) is 4.74. The molecule has 2 aromatic rings. The Balaban J connectivity index is 2.02. The summed E-state index contributed by atoms with van der Waals surface area (Å²) in [4.78, 5) is 13.8. The van der Waals surface area contributed by atoms with Gasteiger partial charge in [-0.15, -0.1) is 0 Å². The maximum atomic E-state index is 12.1. The van der Waals surface area contributed by atoms with Crippen LogP contribution in [0, 0.1) is 13.8 Å². The molecule has 2 amide bonds. The Bertz CT molecular complexity index is 564. The molecule has 2 rings (SSSR count). The highest BCUT2D eigenvalue weighted by molar-refractivity contribution is 7.07. The van der Waals surface area contributed by atoms with E-state index in [1.165, 1.54) is 0 Å². The molecule has 19 heavy (non-hydrogen) atoms. The number of nitrogens with one attached hydrogen (secondary N) is 1. The number of thiophene rings is 1. The number of benzene rings is 1. The minimum atomic E-state index is -0.0834. The summed E-state index contributed by atoms with van der Waals surface area (Å²) >= 11 is 1.64. The molecular weight excluding hydrogens is 256 g/mol. The Labute approximate surface area is 117 Å². The van der Waals surface area contributed by atoms with Crippen LogP contribution in [0.25, 0.3) is 0 Å². The topological polar surface area (TPSA) is 32.3 Å². The van der Waals surface area contributed by atoms with Crippen molar-refractivity contribution in [3.05, 3.63) is 51.7 Å². The monoisotopic (exact) mass is 274 g/mol. The van der Waals surface area contributed by atoms with Crippen molar-refractivity contribution in [2.45, 2.75) is 20.4 Å². The van der Waals surface area contributed by atoms with Crippen LogP contribution in [0.2, 0.25) is 0 Å². The second-order valence-corrected chi connectivity index (χ2v) is 5.52. The zero-order chi connectivity index (χ0) is 13.8. The van der Waals surface area contributed by atoms with Crippen LogP contribution < -0.4 is 5.32 Å². The van der Waals surface area contributed by atoms with Gasteiger partial charge in [0, 0.05) is 19.3 Å². The van der Waals surface area contributed by atoms with E-state index in [2.05, 4.69) is 10.7 Å². The summed E-state index contributed by atoms with van der Waals surface area (Å²) in [6.45, 7) is 4.64. The first kappa shape index (κ1) is 13.6. The molecule has 0 aliphatic heterocycles. The van der Waals surface area contributed by atoms with E-state index in [4.69, 9.17) is 0 Å². The molecule has 1 aromatic carbocycles. The van der Waals surface area contributed by atoms with Gasteiger partial charge in [-0.25, -0.2) is 4.79 Å². The molecule has 1 heterocycles. The molecular formula is C15H18N2OS. The number of nitrogens with zero attached hydrogens (tertiary/aromatic N) is 1. The van der Waals surface area contributed by atoms with Crippen molar-refractivity contribution in [1.29, 1.82) is 0 Å². The molecule has 0 bridgehead atoms. The average molecular weight is 274 g/mol. The third-order valence-corrected chi connectivity index (χ3v) is 3.71. The maximum Gasteiger partial charge on any atom is 0.321 e.